The Balaban J connectivity index is 2.31. The molecule has 0 bridgehead atoms. The Hall–Kier alpha value is -1.13. The van der Waals surface area contributed by atoms with Gasteiger partial charge in [0.1, 0.15) is 11.6 Å². The zero-order chi connectivity index (χ0) is 13.4. The Morgan fingerprint density at radius 1 is 1.22 bits per heavy atom. The van der Waals surface area contributed by atoms with Gasteiger partial charge in [-0.2, -0.15) is 0 Å². The predicted molar refractivity (Wildman–Crippen MR) is 72.4 cm³/mol. The molecule has 102 valence electrons. The average Bonchev–Trinajstić information content (AvgIpc) is 2.34. The maximum absolute atomic E-state index is 13.6. The summed E-state index contributed by atoms with van der Waals surface area (Å²) in [6.07, 6.45) is 0. The van der Waals surface area contributed by atoms with Crippen LogP contribution in [0.2, 0.25) is 0 Å². The van der Waals surface area contributed by atoms with Gasteiger partial charge >= 0.3 is 0 Å². The minimum Gasteiger partial charge on any atom is -0.496 e. The maximum Gasteiger partial charge on any atom is 0.131 e. The molecule has 0 amide bonds. The smallest absolute Gasteiger partial charge is 0.131 e. The summed E-state index contributed by atoms with van der Waals surface area (Å²) < 4.78 is 18.7. The second-order valence-electron chi connectivity index (χ2n) is 4.70. The molecule has 0 atom stereocenters. The zero-order valence-corrected chi connectivity index (χ0v) is 11.4. The van der Waals surface area contributed by atoms with E-state index in [2.05, 4.69) is 24.5 Å². The molecule has 1 aromatic rings. The quantitative estimate of drug-likeness (QED) is 0.698. The van der Waals surface area contributed by atoms with Gasteiger partial charge in [-0.25, -0.2) is 4.39 Å². The van der Waals surface area contributed by atoms with Gasteiger partial charge in [-0.15, -0.1) is 0 Å². The molecule has 0 heterocycles. The number of benzene rings is 1. The summed E-state index contributed by atoms with van der Waals surface area (Å²) in [5.41, 5.74) is 0.587. The van der Waals surface area contributed by atoms with E-state index in [1.54, 1.807) is 19.2 Å². The lowest BCUT2D eigenvalue weighted by molar-refractivity contribution is 0.401. The van der Waals surface area contributed by atoms with Crippen molar-refractivity contribution in [3.8, 4) is 5.75 Å². The number of halogens is 1. The van der Waals surface area contributed by atoms with Crippen molar-refractivity contribution in [2.75, 3.05) is 26.7 Å². The topological polar surface area (TPSA) is 33.3 Å². The van der Waals surface area contributed by atoms with Crippen molar-refractivity contribution < 1.29 is 9.13 Å². The van der Waals surface area contributed by atoms with Crippen LogP contribution in [0.15, 0.2) is 18.2 Å². The van der Waals surface area contributed by atoms with E-state index in [-0.39, 0.29) is 5.82 Å². The van der Waals surface area contributed by atoms with E-state index in [9.17, 15) is 4.39 Å². The van der Waals surface area contributed by atoms with Crippen molar-refractivity contribution in [2.45, 2.75) is 20.4 Å². The summed E-state index contributed by atoms with van der Waals surface area (Å²) in [6.45, 7) is 7.53. The van der Waals surface area contributed by atoms with E-state index in [1.165, 1.54) is 6.07 Å². The Morgan fingerprint density at radius 2 is 1.94 bits per heavy atom. The van der Waals surface area contributed by atoms with E-state index >= 15 is 0 Å². The zero-order valence-electron chi connectivity index (χ0n) is 11.4. The third-order valence-corrected chi connectivity index (χ3v) is 2.63. The van der Waals surface area contributed by atoms with Crippen LogP contribution in [0.1, 0.15) is 19.4 Å². The molecule has 0 aromatic heterocycles. The van der Waals surface area contributed by atoms with Crippen LogP contribution < -0.4 is 15.4 Å². The number of methoxy groups -OCH3 is 1. The standard InChI is InChI=1S/C14H23FN2O/c1-11(2)9-16-7-8-17-10-12-13(15)5-4-6-14(12)18-3/h4-6,11,16-17H,7-10H2,1-3H3. The van der Waals surface area contributed by atoms with Crippen LogP contribution in [0.5, 0.6) is 5.75 Å². The van der Waals surface area contributed by atoms with Gasteiger partial charge in [-0.3, -0.25) is 0 Å². The third kappa shape index (κ3) is 5.02. The second-order valence-corrected chi connectivity index (χ2v) is 4.70. The molecule has 2 N–H and O–H groups in total. The van der Waals surface area contributed by atoms with Gasteiger partial charge in [0, 0.05) is 25.2 Å². The first-order valence-electron chi connectivity index (χ1n) is 6.38. The van der Waals surface area contributed by atoms with Crippen molar-refractivity contribution in [1.29, 1.82) is 0 Å². The van der Waals surface area contributed by atoms with Crippen LogP contribution in [-0.2, 0) is 6.54 Å². The number of hydrogen-bond donors (Lipinski definition) is 2. The van der Waals surface area contributed by atoms with Gasteiger partial charge < -0.3 is 15.4 Å². The number of ether oxygens (including phenoxy) is 1. The van der Waals surface area contributed by atoms with Crippen LogP contribution in [0, 0.1) is 11.7 Å². The lowest BCUT2D eigenvalue weighted by Gasteiger charge is -2.11. The molecule has 1 rings (SSSR count). The van der Waals surface area contributed by atoms with E-state index in [4.69, 9.17) is 4.74 Å². The van der Waals surface area contributed by atoms with E-state index in [0.29, 0.717) is 23.8 Å². The van der Waals surface area contributed by atoms with Crippen molar-refractivity contribution in [3.05, 3.63) is 29.6 Å². The first-order chi connectivity index (χ1) is 8.65. The molecule has 0 fully saturated rings. The predicted octanol–water partition coefficient (Wildman–Crippen LogP) is 2.17. The largest absolute Gasteiger partial charge is 0.496 e. The molecule has 0 aliphatic heterocycles. The fourth-order valence-corrected chi connectivity index (χ4v) is 1.68. The van der Waals surface area contributed by atoms with E-state index in [0.717, 1.165) is 19.6 Å². The molecule has 0 saturated heterocycles. The fourth-order valence-electron chi connectivity index (χ4n) is 1.68. The number of rotatable bonds is 8. The Labute approximate surface area is 109 Å². The monoisotopic (exact) mass is 254 g/mol. The Kier molecular flexibility index (Phi) is 6.68. The van der Waals surface area contributed by atoms with Crippen molar-refractivity contribution >= 4 is 0 Å². The minimum atomic E-state index is -0.225. The van der Waals surface area contributed by atoms with Gasteiger partial charge in [-0.05, 0) is 24.6 Å². The van der Waals surface area contributed by atoms with Gasteiger partial charge in [0.25, 0.3) is 0 Å². The summed E-state index contributed by atoms with van der Waals surface area (Å²) in [4.78, 5) is 0. The summed E-state index contributed by atoms with van der Waals surface area (Å²) in [7, 11) is 1.56. The van der Waals surface area contributed by atoms with Crippen LogP contribution in [0.3, 0.4) is 0 Å². The Bertz CT molecular complexity index is 356. The Morgan fingerprint density at radius 3 is 2.61 bits per heavy atom. The van der Waals surface area contributed by atoms with Crippen LogP contribution in [0.25, 0.3) is 0 Å². The lowest BCUT2D eigenvalue weighted by Crippen LogP contribution is -2.29. The number of nitrogens with one attached hydrogen (secondary N) is 2. The summed E-state index contributed by atoms with van der Waals surface area (Å²) >= 11 is 0. The molecule has 3 nitrogen and oxygen atoms in total. The van der Waals surface area contributed by atoms with Crippen LogP contribution in [-0.4, -0.2) is 26.7 Å². The SMILES string of the molecule is COc1cccc(F)c1CNCCNCC(C)C. The molecular weight excluding hydrogens is 231 g/mol. The molecule has 0 aliphatic rings. The van der Waals surface area contributed by atoms with E-state index < -0.39 is 0 Å². The third-order valence-electron chi connectivity index (χ3n) is 2.63. The van der Waals surface area contributed by atoms with Crippen molar-refractivity contribution in [3.63, 3.8) is 0 Å². The van der Waals surface area contributed by atoms with E-state index in [1.807, 2.05) is 0 Å². The maximum atomic E-state index is 13.6. The van der Waals surface area contributed by atoms with Gasteiger partial charge in [0.2, 0.25) is 0 Å². The molecule has 0 saturated carbocycles. The number of hydrogen-bond acceptors (Lipinski definition) is 3. The second kappa shape index (κ2) is 8.06. The highest BCUT2D eigenvalue weighted by Gasteiger charge is 2.07. The molecule has 4 heteroatoms. The average molecular weight is 254 g/mol. The molecule has 0 radical (unpaired) electrons. The minimum absolute atomic E-state index is 0.225. The first-order valence-corrected chi connectivity index (χ1v) is 6.38. The summed E-state index contributed by atoms with van der Waals surface area (Å²) in [5.74, 6) is 1.02. The van der Waals surface area contributed by atoms with Crippen molar-refractivity contribution in [1.82, 2.24) is 10.6 Å². The molecule has 0 spiro atoms. The van der Waals surface area contributed by atoms with Gasteiger partial charge in [0.15, 0.2) is 0 Å². The first kappa shape index (κ1) is 14.9. The highest BCUT2D eigenvalue weighted by atomic mass is 19.1. The highest BCUT2D eigenvalue weighted by Crippen LogP contribution is 2.20. The highest BCUT2D eigenvalue weighted by molar-refractivity contribution is 5.34. The molecule has 0 aliphatic carbocycles. The molecule has 1 aromatic carbocycles. The fraction of sp³-hybridized carbons (Fsp3) is 0.571. The van der Waals surface area contributed by atoms with Gasteiger partial charge in [0.05, 0.1) is 7.11 Å². The molecule has 0 unspecified atom stereocenters. The van der Waals surface area contributed by atoms with Crippen LogP contribution >= 0.6 is 0 Å². The summed E-state index contributed by atoms with van der Waals surface area (Å²) in [6, 6.07) is 4.88. The van der Waals surface area contributed by atoms with Gasteiger partial charge in [-0.1, -0.05) is 19.9 Å². The molecule has 18 heavy (non-hydrogen) atoms. The molecular formula is C14H23FN2O. The lowest BCUT2D eigenvalue weighted by atomic mass is 10.2. The normalized spacial score (nSPS) is 10.9. The van der Waals surface area contributed by atoms with Crippen LogP contribution in [0.4, 0.5) is 4.39 Å². The van der Waals surface area contributed by atoms with Crippen molar-refractivity contribution in [2.24, 2.45) is 5.92 Å². The summed E-state index contributed by atoms with van der Waals surface area (Å²) in [5, 5.41) is 6.54.